The van der Waals surface area contributed by atoms with Crippen LogP contribution in [0.25, 0.3) is 0 Å². The van der Waals surface area contributed by atoms with E-state index >= 15 is 0 Å². The number of likely N-dealkylation sites (tertiary alicyclic amines) is 1. The SMILES string of the molecule is CC=C(C)C(=O)N1CCC(C2(CCC)NC(=O)N(CCc3cccs3)C2=O)CC1. The maximum Gasteiger partial charge on any atom is 0.325 e. The number of hydrogen-bond donors (Lipinski definition) is 1. The summed E-state index contributed by atoms with van der Waals surface area (Å²) in [6, 6.07) is 3.74. The third-order valence-electron chi connectivity index (χ3n) is 6.26. The van der Waals surface area contributed by atoms with E-state index in [4.69, 9.17) is 0 Å². The molecule has 2 aliphatic heterocycles. The first-order valence-electron chi connectivity index (χ1n) is 10.5. The van der Waals surface area contributed by atoms with Crippen LogP contribution in [0.1, 0.15) is 51.3 Å². The van der Waals surface area contributed by atoms with Gasteiger partial charge in [0.15, 0.2) is 0 Å². The van der Waals surface area contributed by atoms with Crippen molar-refractivity contribution in [3.8, 4) is 0 Å². The van der Waals surface area contributed by atoms with E-state index in [0.29, 0.717) is 32.5 Å². The fourth-order valence-corrected chi connectivity index (χ4v) is 5.22. The minimum absolute atomic E-state index is 0.0561. The van der Waals surface area contributed by atoms with Crippen LogP contribution in [0.5, 0.6) is 0 Å². The first kappa shape index (κ1) is 21.6. The first-order valence-corrected chi connectivity index (χ1v) is 11.4. The average Bonchev–Trinajstić information content (AvgIpc) is 3.33. The highest BCUT2D eigenvalue weighted by atomic mass is 32.1. The maximum atomic E-state index is 13.4. The minimum Gasteiger partial charge on any atom is -0.339 e. The molecule has 0 saturated carbocycles. The Morgan fingerprint density at radius 1 is 1.34 bits per heavy atom. The van der Waals surface area contributed by atoms with Gasteiger partial charge in [-0.25, -0.2) is 4.79 Å². The number of hydrogen-bond acceptors (Lipinski definition) is 4. The van der Waals surface area contributed by atoms with Crippen LogP contribution in [-0.4, -0.2) is 52.8 Å². The van der Waals surface area contributed by atoms with Crippen LogP contribution in [0, 0.1) is 5.92 Å². The van der Waals surface area contributed by atoms with Gasteiger partial charge in [0.1, 0.15) is 5.54 Å². The van der Waals surface area contributed by atoms with Gasteiger partial charge in [0.2, 0.25) is 5.91 Å². The van der Waals surface area contributed by atoms with E-state index in [1.54, 1.807) is 11.3 Å². The molecule has 4 amide bonds. The smallest absolute Gasteiger partial charge is 0.325 e. The Bertz CT molecular complexity index is 781. The summed E-state index contributed by atoms with van der Waals surface area (Å²) >= 11 is 1.64. The summed E-state index contributed by atoms with van der Waals surface area (Å²) in [6.45, 7) is 7.40. The van der Waals surface area contributed by atoms with Crippen molar-refractivity contribution in [2.24, 2.45) is 5.92 Å². The summed E-state index contributed by atoms with van der Waals surface area (Å²) in [4.78, 5) is 43.0. The summed E-state index contributed by atoms with van der Waals surface area (Å²) < 4.78 is 0. The highest BCUT2D eigenvalue weighted by molar-refractivity contribution is 7.09. The molecule has 6 nitrogen and oxygen atoms in total. The summed E-state index contributed by atoms with van der Waals surface area (Å²) in [6.07, 6.45) is 5.44. The molecule has 3 heterocycles. The molecule has 2 saturated heterocycles. The first-order chi connectivity index (χ1) is 13.9. The van der Waals surface area contributed by atoms with E-state index in [-0.39, 0.29) is 23.8 Å². The summed E-state index contributed by atoms with van der Waals surface area (Å²) in [5, 5.41) is 5.08. The molecule has 1 unspecified atom stereocenters. The molecule has 2 aliphatic rings. The lowest BCUT2D eigenvalue weighted by molar-refractivity contribution is -0.135. The Morgan fingerprint density at radius 2 is 2.07 bits per heavy atom. The predicted octanol–water partition coefficient (Wildman–Crippen LogP) is 3.59. The van der Waals surface area contributed by atoms with Crippen LogP contribution in [0.3, 0.4) is 0 Å². The predicted molar refractivity (Wildman–Crippen MR) is 115 cm³/mol. The number of urea groups is 1. The van der Waals surface area contributed by atoms with Gasteiger partial charge in [0.25, 0.3) is 5.91 Å². The molecular weight excluding hydrogens is 386 g/mol. The molecule has 0 radical (unpaired) electrons. The molecule has 0 spiro atoms. The molecule has 1 atom stereocenters. The fraction of sp³-hybridized carbons (Fsp3) is 0.591. The number of amides is 4. The number of nitrogens with zero attached hydrogens (tertiary/aromatic N) is 2. The van der Waals surface area contributed by atoms with E-state index in [9.17, 15) is 14.4 Å². The van der Waals surface area contributed by atoms with Crippen LogP contribution in [0.4, 0.5) is 4.79 Å². The maximum absolute atomic E-state index is 13.4. The normalized spacial score (nSPS) is 23.6. The van der Waals surface area contributed by atoms with Gasteiger partial charge in [-0.1, -0.05) is 25.5 Å². The van der Waals surface area contributed by atoms with Crippen molar-refractivity contribution >= 4 is 29.2 Å². The molecule has 3 rings (SSSR count). The lowest BCUT2D eigenvalue weighted by Gasteiger charge is -2.41. The van der Waals surface area contributed by atoms with Crippen molar-refractivity contribution in [1.29, 1.82) is 0 Å². The molecular formula is C22H31N3O3S. The van der Waals surface area contributed by atoms with Crippen molar-refractivity contribution in [3.63, 3.8) is 0 Å². The van der Waals surface area contributed by atoms with Crippen molar-refractivity contribution in [3.05, 3.63) is 34.0 Å². The average molecular weight is 418 g/mol. The number of carbonyl (C=O) groups excluding carboxylic acids is 3. The molecule has 1 N–H and O–H groups in total. The number of imide groups is 1. The van der Waals surface area contributed by atoms with E-state index in [1.165, 1.54) is 9.78 Å². The Balaban J connectivity index is 1.70. The topological polar surface area (TPSA) is 69.7 Å². The van der Waals surface area contributed by atoms with Crippen LogP contribution in [-0.2, 0) is 16.0 Å². The zero-order chi connectivity index (χ0) is 21.0. The zero-order valence-electron chi connectivity index (χ0n) is 17.6. The number of rotatable bonds is 7. The Labute approximate surface area is 176 Å². The van der Waals surface area contributed by atoms with Gasteiger partial charge in [0, 0.05) is 30.1 Å². The molecule has 1 aromatic rings. The molecule has 158 valence electrons. The lowest BCUT2D eigenvalue weighted by atomic mass is 9.74. The van der Waals surface area contributed by atoms with Gasteiger partial charge >= 0.3 is 6.03 Å². The molecule has 0 aliphatic carbocycles. The third-order valence-corrected chi connectivity index (χ3v) is 7.19. The van der Waals surface area contributed by atoms with Crippen molar-refractivity contribution in [2.45, 2.75) is 58.4 Å². The highest BCUT2D eigenvalue weighted by Gasteiger charge is 2.55. The van der Waals surface area contributed by atoms with Gasteiger partial charge in [-0.05, 0) is 56.9 Å². The van der Waals surface area contributed by atoms with Crippen LogP contribution in [0.2, 0.25) is 0 Å². The van der Waals surface area contributed by atoms with Gasteiger partial charge < -0.3 is 10.2 Å². The number of carbonyl (C=O) groups is 3. The second-order valence-corrected chi connectivity index (χ2v) is 9.01. The largest absolute Gasteiger partial charge is 0.339 e. The van der Waals surface area contributed by atoms with Gasteiger partial charge in [0.05, 0.1) is 0 Å². The highest BCUT2D eigenvalue weighted by Crippen LogP contribution is 2.37. The van der Waals surface area contributed by atoms with Gasteiger partial charge in [-0.3, -0.25) is 14.5 Å². The number of nitrogens with one attached hydrogen (secondary N) is 1. The summed E-state index contributed by atoms with van der Waals surface area (Å²) in [7, 11) is 0. The standard InChI is InChI=1S/C22H31N3O3S/c1-4-11-22(17-8-12-24(13-9-17)19(26)16(3)5-2)20(27)25(21(28)23-22)14-10-18-7-6-15-29-18/h5-7,15,17H,4,8-14H2,1-3H3,(H,23,28). The zero-order valence-corrected chi connectivity index (χ0v) is 18.4. The molecule has 7 heteroatoms. The monoisotopic (exact) mass is 417 g/mol. The van der Waals surface area contributed by atoms with Crippen LogP contribution >= 0.6 is 11.3 Å². The molecule has 0 bridgehead atoms. The Morgan fingerprint density at radius 3 is 2.66 bits per heavy atom. The van der Waals surface area contributed by atoms with Crippen LogP contribution in [0.15, 0.2) is 29.2 Å². The number of piperidine rings is 1. The van der Waals surface area contributed by atoms with E-state index in [0.717, 1.165) is 24.8 Å². The minimum atomic E-state index is -0.827. The van der Waals surface area contributed by atoms with Crippen molar-refractivity contribution in [1.82, 2.24) is 15.1 Å². The number of allylic oxidation sites excluding steroid dienone is 1. The fourth-order valence-electron chi connectivity index (χ4n) is 4.52. The molecule has 0 aromatic carbocycles. The third kappa shape index (κ3) is 4.25. The molecule has 2 fully saturated rings. The van der Waals surface area contributed by atoms with Crippen molar-refractivity contribution < 1.29 is 14.4 Å². The summed E-state index contributed by atoms with van der Waals surface area (Å²) in [5.74, 6) is 0.0331. The van der Waals surface area contributed by atoms with E-state index < -0.39 is 5.54 Å². The lowest BCUT2D eigenvalue weighted by Crippen LogP contribution is -2.56. The van der Waals surface area contributed by atoms with Crippen molar-refractivity contribution in [2.75, 3.05) is 19.6 Å². The summed E-state index contributed by atoms with van der Waals surface area (Å²) in [5.41, 5.74) is -0.0804. The Kier molecular flexibility index (Phi) is 6.77. The van der Waals surface area contributed by atoms with E-state index in [1.807, 2.05) is 49.3 Å². The van der Waals surface area contributed by atoms with E-state index in [2.05, 4.69) is 5.32 Å². The van der Waals surface area contributed by atoms with Crippen LogP contribution < -0.4 is 5.32 Å². The van der Waals surface area contributed by atoms with Gasteiger partial charge in [-0.15, -0.1) is 11.3 Å². The van der Waals surface area contributed by atoms with Gasteiger partial charge in [-0.2, -0.15) is 0 Å². The second kappa shape index (κ2) is 9.11. The molecule has 1 aromatic heterocycles. The Hall–Kier alpha value is -2.15. The second-order valence-electron chi connectivity index (χ2n) is 7.98. The molecule has 29 heavy (non-hydrogen) atoms. The number of thiophene rings is 1. The quantitative estimate of drug-likeness (QED) is 0.544.